The van der Waals surface area contributed by atoms with Crippen LogP contribution in [0.15, 0.2) is 17.0 Å². The number of nitrogens with zero attached hydrogens (tertiary/aromatic N) is 1. The summed E-state index contributed by atoms with van der Waals surface area (Å²) in [6, 6.07) is 0. The second-order valence-electron chi connectivity index (χ2n) is 3.73. The minimum Gasteiger partial charge on any atom is -0.478 e. The fourth-order valence-corrected chi connectivity index (χ4v) is 1.30. The van der Waals surface area contributed by atoms with E-state index in [0.717, 1.165) is 18.9 Å². The molecule has 0 aliphatic rings. The molecule has 0 radical (unpaired) electrons. The predicted molar refractivity (Wildman–Crippen MR) is 78.7 cm³/mol. The highest BCUT2D eigenvalue weighted by atomic mass is 127. The van der Waals surface area contributed by atoms with E-state index in [9.17, 15) is 0 Å². The van der Waals surface area contributed by atoms with Crippen molar-refractivity contribution in [1.82, 2.24) is 0 Å². The normalized spacial score (nSPS) is 14.9. The molecule has 0 spiro atoms. The first-order valence-corrected chi connectivity index (χ1v) is 8.63. The molecule has 0 saturated carbocycles. The van der Waals surface area contributed by atoms with Crippen molar-refractivity contribution in [2.45, 2.75) is 39.4 Å². The summed E-state index contributed by atoms with van der Waals surface area (Å²) in [5.41, 5.74) is 0. The first kappa shape index (κ1) is 15.3. The molecular weight excluding hydrogens is 321 g/mol. The topological polar surface area (TPSA) is 21.6 Å². The zero-order valence-corrected chi connectivity index (χ0v) is 12.8. The highest BCUT2D eigenvalue weighted by Crippen LogP contribution is 2.17. The maximum absolute atomic E-state index is 5.55. The first-order chi connectivity index (χ1) is 7.10. The molecule has 0 aromatic heterocycles. The van der Waals surface area contributed by atoms with Crippen LogP contribution in [0, 0.1) is 5.92 Å². The molecule has 0 rings (SSSR count). The molecule has 0 fully saturated rings. The molecular formula is C11H20INOS. The Hall–Kier alpha value is 0.290. The lowest BCUT2D eigenvalue weighted by Crippen LogP contribution is -2.00. The molecule has 15 heavy (non-hydrogen) atoms. The zero-order valence-electron chi connectivity index (χ0n) is 9.87. The van der Waals surface area contributed by atoms with Gasteiger partial charge < -0.3 is 4.74 Å². The van der Waals surface area contributed by atoms with Crippen LogP contribution in [0.4, 0.5) is 0 Å². The summed E-state index contributed by atoms with van der Waals surface area (Å²) in [4.78, 5) is 4.30. The van der Waals surface area contributed by atoms with Crippen molar-refractivity contribution >= 4 is 36.4 Å². The van der Waals surface area contributed by atoms with Gasteiger partial charge in [0.1, 0.15) is 0 Å². The molecule has 1 atom stereocenters. The summed E-state index contributed by atoms with van der Waals surface area (Å²) in [5.74, 6) is 1.41. The lowest BCUT2D eigenvalue weighted by molar-refractivity contribution is 0.193. The Balaban J connectivity index is 3.89. The molecule has 0 amide bonds. The Morgan fingerprint density at radius 1 is 1.47 bits per heavy atom. The van der Waals surface area contributed by atoms with Crippen molar-refractivity contribution in [3.63, 3.8) is 0 Å². The van der Waals surface area contributed by atoms with Gasteiger partial charge in [-0.3, -0.25) is 0 Å². The Labute approximate surface area is 110 Å². The van der Waals surface area contributed by atoms with E-state index >= 15 is 0 Å². The minimum absolute atomic E-state index is 0.425. The number of ether oxygens (including phenoxy) is 1. The Bertz CT molecular complexity index is 217. The zero-order chi connectivity index (χ0) is 11.7. The van der Waals surface area contributed by atoms with Gasteiger partial charge in [0.15, 0.2) is 0 Å². The van der Waals surface area contributed by atoms with E-state index in [1.807, 2.05) is 19.2 Å². The third-order valence-electron chi connectivity index (χ3n) is 1.74. The van der Waals surface area contributed by atoms with Gasteiger partial charge >= 0.3 is 0 Å². The van der Waals surface area contributed by atoms with Crippen LogP contribution in [0.5, 0.6) is 0 Å². The van der Waals surface area contributed by atoms with E-state index in [4.69, 9.17) is 4.74 Å². The molecule has 0 bridgehead atoms. The van der Waals surface area contributed by atoms with Gasteiger partial charge in [0, 0.05) is 11.5 Å². The van der Waals surface area contributed by atoms with E-state index in [2.05, 4.69) is 47.0 Å². The van der Waals surface area contributed by atoms with E-state index in [-0.39, 0.29) is 0 Å². The third-order valence-corrected chi connectivity index (χ3v) is 4.55. The lowest BCUT2D eigenvalue weighted by atomic mass is 10.1. The quantitative estimate of drug-likeness (QED) is 0.388. The van der Waals surface area contributed by atoms with Gasteiger partial charge in [-0.15, -0.1) is 0 Å². The number of hydrogen-bond acceptors (Lipinski definition) is 3. The smallest absolute Gasteiger partial charge is 0.208 e. The van der Waals surface area contributed by atoms with Gasteiger partial charge in [0.05, 0.1) is 6.61 Å². The van der Waals surface area contributed by atoms with Crippen molar-refractivity contribution in [2.75, 3.05) is 6.61 Å². The Kier molecular flexibility index (Phi) is 9.70. The second-order valence-corrected chi connectivity index (χ2v) is 6.18. The van der Waals surface area contributed by atoms with Crippen molar-refractivity contribution in [3.8, 4) is 0 Å². The second kappa shape index (κ2) is 9.51. The average Bonchev–Trinajstić information content (AvgIpc) is 2.22. The van der Waals surface area contributed by atoms with Crippen LogP contribution < -0.4 is 0 Å². The van der Waals surface area contributed by atoms with Gasteiger partial charge in [-0.05, 0) is 53.5 Å². The SMILES string of the molecule is C/C=C(\N=C/[C@@H](C)SI)OCCC(C)C. The number of rotatable bonds is 7. The van der Waals surface area contributed by atoms with Crippen LogP contribution in [-0.2, 0) is 4.74 Å². The van der Waals surface area contributed by atoms with Crippen LogP contribution in [0.25, 0.3) is 0 Å². The van der Waals surface area contributed by atoms with Crippen LogP contribution in [-0.4, -0.2) is 18.1 Å². The molecule has 0 aromatic carbocycles. The molecule has 2 nitrogen and oxygen atoms in total. The van der Waals surface area contributed by atoms with Crippen LogP contribution in [0.2, 0.25) is 0 Å². The van der Waals surface area contributed by atoms with E-state index in [1.54, 1.807) is 8.93 Å². The Morgan fingerprint density at radius 3 is 2.60 bits per heavy atom. The molecule has 0 N–H and O–H groups in total. The summed E-state index contributed by atoms with van der Waals surface area (Å²) in [6.07, 6.45) is 4.90. The standard InChI is InChI=1S/C11H20INOS/c1-5-11(13-8-10(4)15-12)14-7-6-9(2)3/h5,8-10H,6-7H2,1-4H3/b11-5+,13-8-/t10-/m1/s1. The van der Waals surface area contributed by atoms with Gasteiger partial charge in [-0.25, -0.2) is 4.99 Å². The number of hydrogen-bond donors (Lipinski definition) is 0. The lowest BCUT2D eigenvalue weighted by Gasteiger charge is -2.08. The highest BCUT2D eigenvalue weighted by Gasteiger charge is 1.98. The van der Waals surface area contributed by atoms with Gasteiger partial charge in [0.2, 0.25) is 5.88 Å². The monoisotopic (exact) mass is 341 g/mol. The number of aliphatic imine (C=N–C) groups is 1. The van der Waals surface area contributed by atoms with Crippen molar-refractivity contribution < 1.29 is 4.74 Å². The highest BCUT2D eigenvalue weighted by molar-refractivity contribution is 14.2. The maximum Gasteiger partial charge on any atom is 0.208 e. The molecule has 88 valence electrons. The minimum atomic E-state index is 0.425. The molecule has 0 saturated heterocycles. The molecule has 0 aliphatic carbocycles. The molecule has 4 heteroatoms. The molecule has 0 unspecified atom stereocenters. The van der Waals surface area contributed by atoms with Crippen LogP contribution in [0.1, 0.15) is 34.1 Å². The van der Waals surface area contributed by atoms with E-state index < -0.39 is 0 Å². The maximum atomic E-state index is 5.55. The van der Waals surface area contributed by atoms with Crippen molar-refractivity contribution in [1.29, 1.82) is 0 Å². The predicted octanol–water partition coefficient (Wildman–Crippen LogP) is 4.45. The van der Waals surface area contributed by atoms with E-state index in [1.165, 1.54) is 0 Å². The number of halogens is 1. The van der Waals surface area contributed by atoms with Crippen molar-refractivity contribution in [2.24, 2.45) is 10.9 Å². The van der Waals surface area contributed by atoms with Crippen LogP contribution in [0.3, 0.4) is 0 Å². The molecule has 0 aromatic rings. The fraction of sp³-hybridized carbons (Fsp3) is 0.727. The molecule has 0 heterocycles. The number of allylic oxidation sites excluding steroid dienone is 1. The van der Waals surface area contributed by atoms with Gasteiger partial charge in [-0.2, -0.15) is 0 Å². The third kappa shape index (κ3) is 9.23. The summed E-state index contributed by atoms with van der Waals surface area (Å²) in [5, 5.41) is 0.425. The largest absolute Gasteiger partial charge is 0.478 e. The Morgan fingerprint density at radius 2 is 2.13 bits per heavy atom. The van der Waals surface area contributed by atoms with Crippen molar-refractivity contribution in [3.05, 3.63) is 12.0 Å². The summed E-state index contributed by atoms with van der Waals surface area (Å²) in [7, 11) is 1.74. The summed E-state index contributed by atoms with van der Waals surface area (Å²) in [6.45, 7) is 9.19. The van der Waals surface area contributed by atoms with Gasteiger partial charge in [0.25, 0.3) is 0 Å². The van der Waals surface area contributed by atoms with E-state index in [0.29, 0.717) is 11.2 Å². The average molecular weight is 341 g/mol. The summed E-state index contributed by atoms with van der Waals surface area (Å²) >= 11 is 2.27. The molecule has 0 aliphatic heterocycles. The van der Waals surface area contributed by atoms with Crippen LogP contribution >= 0.6 is 30.1 Å². The summed E-state index contributed by atoms with van der Waals surface area (Å²) < 4.78 is 5.55. The fourth-order valence-electron chi connectivity index (χ4n) is 0.796. The first-order valence-electron chi connectivity index (χ1n) is 5.20. The van der Waals surface area contributed by atoms with Gasteiger partial charge in [-0.1, -0.05) is 22.8 Å².